The summed E-state index contributed by atoms with van der Waals surface area (Å²) in [5, 5.41) is 13.9. The van der Waals surface area contributed by atoms with Gasteiger partial charge < -0.3 is 15.2 Å². The summed E-state index contributed by atoms with van der Waals surface area (Å²) < 4.78 is 47.7. The van der Waals surface area contributed by atoms with Crippen LogP contribution in [0.2, 0.25) is 0 Å². The van der Waals surface area contributed by atoms with Crippen molar-refractivity contribution in [3.8, 4) is 5.75 Å². The van der Waals surface area contributed by atoms with Crippen molar-refractivity contribution >= 4 is 12.0 Å². The molecule has 4 atom stereocenters. The van der Waals surface area contributed by atoms with Gasteiger partial charge >= 0.3 is 6.18 Å². The molecule has 5 rings (SSSR count). The summed E-state index contributed by atoms with van der Waals surface area (Å²) in [6.45, 7) is 1.22. The Bertz CT molecular complexity index is 1160. The highest BCUT2D eigenvalue weighted by Crippen LogP contribution is 2.51. The van der Waals surface area contributed by atoms with Crippen LogP contribution in [-0.4, -0.2) is 54.6 Å². The highest BCUT2D eigenvalue weighted by atomic mass is 19.4. The molecule has 1 amide bonds. The van der Waals surface area contributed by atoms with Gasteiger partial charge in [0.1, 0.15) is 11.3 Å². The molecule has 2 aliphatic carbocycles. The molecule has 0 spiro atoms. The molecule has 2 aromatic carbocycles. The van der Waals surface area contributed by atoms with E-state index in [1.165, 1.54) is 0 Å². The number of piperidine rings is 1. The van der Waals surface area contributed by atoms with Crippen LogP contribution in [-0.2, 0) is 10.2 Å². The summed E-state index contributed by atoms with van der Waals surface area (Å²) in [6.07, 6.45) is -0.121. The molecule has 2 N–H and O–H groups in total. The SMILES string of the molecule is COc1cccc([C@@]23CCCC(O)C2CN(CC2CC2)[C@H](NC(=O)C(=Cc2ccccc2)C(F)(F)F)C3)c1. The zero-order chi connectivity index (χ0) is 26.9. The molecule has 1 heterocycles. The first kappa shape index (κ1) is 26.8. The Hall–Kier alpha value is -2.84. The fourth-order valence-corrected chi connectivity index (χ4v) is 6.39. The van der Waals surface area contributed by atoms with Crippen molar-refractivity contribution in [1.29, 1.82) is 0 Å². The van der Waals surface area contributed by atoms with E-state index in [1.807, 2.05) is 24.3 Å². The Labute approximate surface area is 221 Å². The molecule has 204 valence electrons. The number of aliphatic hydroxyl groups is 1. The number of amides is 1. The van der Waals surface area contributed by atoms with Crippen molar-refractivity contribution in [2.45, 2.75) is 62.4 Å². The Morgan fingerprint density at radius 3 is 2.61 bits per heavy atom. The molecule has 1 saturated heterocycles. The lowest BCUT2D eigenvalue weighted by Gasteiger charge is -2.56. The predicted molar refractivity (Wildman–Crippen MR) is 139 cm³/mol. The van der Waals surface area contributed by atoms with Crippen LogP contribution in [0.25, 0.3) is 6.08 Å². The molecule has 1 aliphatic heterocycles. The number of hydrogen-bond acceptors (Lipinski definition) is 4. The van der Waals surface area contributed by atoms with E-state index >= 15 is 0 Å². The van der Waals surface area contributed by atoms with E-state index in [1.54, 1.807) is 37.4 Å². The van der Waals surface area contributed by atoms with Gasteiger partial charge in [0.2, 0.25) is 0 Å². The number of carbonyl (C=O) groups excluding carboxylic acids is 1. The number of aliphatic hydroxyl groups excluding tert-OH is 1. The predicted octanol–water partition coefficient (Wildman–Crippen LogP) is 5.30. The van der Waals surface area contributed by atoms with Gasteiger partial charge in [0, 0.05) is 24.4 Å². The van der Waals surface area contributed by atoms with Gasteiger partial charge in [-0.3, -0.25) is 9.69 Å². The van der Waals surface area contributed by atoms with E-state index in [4.69, 9.17) is 4.74 Å². The van der Waals surface area contributed by atoms with Gasteiger partial charge in [0.05, 0.1) is 19.4 Å². The summed E-state index contributed by atoms with van der Waals surface area (Å²) >= 11 is 0. The number of nitrogens with zero attached hydrogens (tertiary/aromatic N) is 1. The van der Waals surface area contributed by atoms with Crippen LogP contribution in [0.4, 0.5) is 13.2 Å². The molecule has 3 aliphatic rings. The van der Waals surface area contributed by atoms with Crippen LogP contribution in [0.3, 0.4) is 0 Å². The zero-order valence-electron chi connectivity index (χ0n) is 21.6. The minimum atomic E-state index is -4.80. The highest BCUT2D eigenvalue weighted by molar-refractivity contribution is 5.99. The van der Waals surface area contributed by atoms with Gasteiger partial charge in [-0.25, -0.2) is 0 Å². The monoisotopic (exact) mass is 528 g/mol. The van der Waals surface area contributed by atoms with Crippen molar-refractivity contribution in [2.75, 3.05) is 20.2 Å². The van der Waals surface area contributed by atoms with E-state index in [9.17, 15) is 23.1 Å². The second kappa shape index (κ2) is 10.7. The number of rotatable bonds is 7. The molecular weight excluding hydrogens is 493 g/mol. The van der Waals surface area contributed by atoms with Crippen LogP contribution in [0.15, 0.2) is 60.2 Å². The minimum Gasteiger partial charge on any atom is -0.497 e. The number of nitrogens with one attached hydrogen (secondary N) is 1. The number of halogens is 3. The fraction of sp³-hybridized carbons (Fsp3) is 0.500. The normalized spacial score (nSPS) is 28.4. The second-order valence-electron chi connectivity index (χ2n) is 11.0. The fourth-order valence-electron chi connectivity index (χ4n) is 6.39. The van der Waals surface area contributed by atoms with Gasteiger partial charge in [-0.1, -0.05) is 42.5 Å². The van der Waals surface area contributed by atoms with Crippen molar-refractivity contribution in [2.24, 2.45) is 11.8 Å². The first-order valence-electron chi connectivity index (χ1n) is 13.4. The molecule has 5 nitrogen and oxygen atoms in total. The topological polar surface area (TPSA) is 61.8 Å². The molecule has 2 saturated carbocycles. The number of likely N-dealkylation sites (tertiary alicyclic amines) is 1. The summed E-state index contributed by atoms with van der Waals surface area (Å²) in [6, 6.07) is 15.8. The largest absolute Gasteiger partial charge is 0.497 e. The average molecular weight is 529 g/mol. The number of benzene rings is 2. The van der Waals surface area contributed by atoms with Gasteiger partial charge in [-0.05, 0) is 73.8 Å². The molecule has 3 fully saturated rings. The molecule has 0 aromatic heterocycles. The average Bonchev–Trinajstić information content (AvgIpc) is 3.72. The molecular formula is C30H35F3N2O3. The molecule has 2 aromatic rings. The van der Waals surface area contributed by atoms with E-state index in [0.29, 0.717) is 43.2 Å². The minimum absolute atomic E-state index is 0.0859. The standard InChI is InChI=1S/C30H35F3N2O3/c1-38-23-10-5-9-22(16-23)29-14-6-11-26(36)25(29)19-35(18-21-12-13-21)27(17-29)34-28(37)24(30(31,32)33)15-20-7-3-2-4-8-20/h2-5,7-10,15-16,21,25-27,36H,6,11-14,17-19H2,1H3,(H,34,37)/t25?,26?,27-,29-/m0/s1. The van der Waals surface area contributed by atoms with Crippen LogP contribution in [0.5, 0.6) is 5.75 Å². The van der Waals surface area contributed by atoms with Crippen LogP contribution in [0.1, 0.15) is 49.7 Å². The lowest BCUT2D eigenvalue weighted by Crippen LogP contribution is -2.64. The van der Waals surface area contributed by atoms with Gasteiger partial charge in [0.25, 0.3) is 5.91 Å². The van der Waals surface area contributed by atoms with Crippen LogP contribution >= 0.6 is 0 Å². The van der Waals surface area contributed by atoms with Crippen molar-refractivity contribution in [3.05, 3.63) is 71.3 Å². The van der Waals surface area contributed by atoms with Gasteiger partial charge in [-0.15, -0.1) is 0 Å². The van der Waals surface area contributed by atoms with Crippen molar-refractivity contribution < 1.29 is 27.8 Å². The first-order valence-corrected chi connectivity index (χ1v) is 13.4. The number of methoxy groups -OCH3 is 1. The van der Waals surface area contributed by atoms with Crippen molar-refractivity contribution in [1.82, 2.24) is 10.2 Å². The number of alkyl halides is 3. The smallest absolute Gasteiger partial charge is 0.421 e. The number of fused-ring (bicyclic) bond motifs is 1. The summed E-state index contributed by atoms with van der Waals surface area (Å²) in [5.74, 6) is -0.0387. The molecule has 0 radical (unpaired) electrons. The lowest BCUT2D eigenvalue weighted by atomic mass is 9.57. The third kappa shape index (κ3) is 5.61. The Balaban J connectivity index is 1.49. The lowest BCUT2D eigenvalue weighted by molar-refractivity contribution is -0.134. The maximum atomic E-state index is 14.1. The molecule has 0 bridgehead atoms. The van der Waals surface area contributed by atoms with E-state index in [0.717, 1.165) is 37.3 Å². The number of ether oxygens (including phenoxy) is 1. The highest BCUT2D eigenvalue weighted by Gasteiger charge is 2.53. The Kier molecular flexibility index (Phi) is 7.56. The van der Waals surface area contributed by atoms with Crippen LogP contribution < -0.4 is 10.1 Å². The number of carbonyl (C=O) groups is 1. The third-order valence-electron chi connectivity index (χ3n) is 8.52. The Morgan fingerprint density at radius 2 is 1.92 bits per heavy atom. The second-order valence-corrected chi connectivity index (χ2v) is 11.0. The summed E-state index contributed by atoms with van der Waals surface area (Å²) in [5.41, 5.74) is -0.374. The zero-order valence-corrected chi connectivity index (χ0v) is 21.6. The van der Waals surface area contributed by atoms with Crippen molar-refractivity contribution in [3.63, 3.8) is 0 Å². The van der Waals surface area contributed by atoms with E-state index in [2.05, 4.69) is 10.2 Å². The first-order chi connectivity index (χ1) is 18.2. The van der Waals surface area contributed by atoms with Gasteiger partial charge in [0.15, 0.2) is 0 Å². The third-order valence-corrected chi connectivity index (χ3v) is 8.52. The maximum absolute atomic E-state index is 14.1. The summed E-state index contributed by atoms with van der Waals surface area (Å²) in [7, 11) is 1.60. The van der Waals surface area contributed by atoms with E-state index < -0.39 is 35.3 Å². The van der Waals surface area contributed by atoms with Crippen LogP contribution in [0, 0.1) is 11.8 Å². The maximum Gasteiger partial charge on any atom is 0.421 e. The number of hydrogen-bond donors (Lipinski definition) is 2. The van der Waals surface area contributed by atoms with E-state index in [-0.39, 0.29) is 5.92 Å². The Morgan fingerprint density at radius 1 is 1.16 bits per heavy atom. The molecule has 2 unspecified atom stereocenters. The molecule has 8 heteroatoms. The van der Waals surface area contributed by atoms with Gasteiger partial charge in [-0.2, -0.15) is 13.2 Å². The quantitative estimate of drug-likeness (QED) is 0.479. The molecule has 38 heavy (non-hydrogen) atoms. The summed E-state index contributed by atoms with van der Waals surface area (Å²) in [4.78, 5) is 15.4.